The first-order valence-electron chi connectivity index (χ1n) is 9.74. The molecule has 1 aliphatic heterocycles. The van der Waals surface area contributed by atoms with Gasteiger partial charge in [0.05, 0.1) is 19.6 Å². The van der Waals surface area contributed by atoms with Crippen molar-refractivity contribution in [2.24, 2.45) is 5.92 Å². The van der Waals surface area contributed by atoms with E-state index in [4.69, 9.17) is 4.74 Å². The number of para-hydroxylation sites is 1. The molecule has 1 aliphatic rings. The molecule has 0 unspecified atom stereocenters. The Bertz CT molecular complexity index is 1020. The fourth-order valence-corrected chi connectivity index (χ4v) is 3.58. The summed E-state index contributed by atoms with van der Waals surface area (Å²) in [7, 11) is 1.61. The van der Waals surface area contributed by atoms with Gasteiger partial charge in [0.15, 0.2) is 0 Å². The Labute approximate surface area is 174 Å². The molecule has 2 heterocycles. The highest BCUT2D eigenvalue weighted by Crippen LogP contribution is 2.25. The zero-order valence-electron chi connectivity index (χ0n) is 16.7. The van der Waals surface area contributed by atoms with Crippen LogP contribution in [0.5, 0.6) is 5.75 Å². The van der Waals surface area contributed by atoms with Gasteiger partial charge >= 0.3 is 0 Å². The molecule has 1 fully saturated rings. The van der Waals surface area contributed by atoms with Gasteiger partial charge in [0.25, 0.3) is 0 Å². The van der Waals surface area contributed by atoms with Crippen molar-refractivity contribution in [1.29, 1.82) is 0 Å². The largest absolute Gasteiger partial charge is 0.496 e. The Hall–Kier alpha value is -3.68. The average molecular weight is 405 g/mol. The molecule has 8 heteroatoms. The monoisotopic (exact) mass is 405 g/mol. The number of carbonyl (C=O) groups is 2. The standard InChI is InChI=1S/C22H23N5O3/c1-30-20-5-3-2-4-17(20)12-26-13-18(10-21(26)28)22(29)25-19-8-6-16(7-9-19)11-27-15-23-14-24-27/h2-9,14-15,18H,10-13H2,1H3,(H,25,29)/t18-/m0/s1. The van der Waals surface area contributed by atoms with Gasteiger partial charge in [0.1, 0.15) is 18.4 Å². The van der Waals surface area contributed by atoms with Gasteiger partial charge in [0, 0.05) is 30.8 Å². The van der Waals surface area contributed by atoms with Crippen molar-refractivity contribution in [2.75, 3.05) is 19.0 Å². The third-order valence-corrected chi connectivity index (χ3v) is 5.17. The molecule has 1 saturated heterocycles. The molecule has 2 aromatic carbocycles. The van der Waals surface area contributed by atoms with Gasteiger partial charge in [-0.3, -0.25) is 9.59 Å². The van der Waals surface area contributed by atoms with Crippen molar-refractivity contribution in [3.05, 3.63) is 72.3 Å². The lowest BCUT2D eigenvalue weighted by molar-refractivity contribution is -0.128. The van der Waals surface area contributed by atoms with E-state index in [0.717, 1.165) is 16.9 Å². The molecule has 0 spiro atoms. The average Bonchev–Trinajstić information content (AvgIpc) is 3.40. The minimum Gasteiger partial charge on any atom is -0.496 e. The molecule has 0 radical (unpaired) electrons. The first-order valence-corrected chi connectivity index (χ1v) is 9.74. The Kier molecular flexibility index (Phi) is 5.74. The molecule has 0 aliphatic carbocycles. The van der Waals surface area contributed by atoms with Crippen LogP contribution in [0.2, 0.25) is 0 Å². The van der Waals surface area contributed by atoms with Gasteiger partial charge in [-0.1, -0.05) is 30.3 Å². The molecule has 0 bridgehead atoms. The van der Waals surface area contributed by atoms with E-state index >= 15 is 0 Å². The highest BCUT2D eigenvalue weighted by Gasteiger charge is 2.34. The third kappa shape index (κ3) is 4.48. The van der Waals surface area contributed by atoms with Crippen LogP contribution in [0.3, 0.4) is 0 Å². The van der Waals surface area contributed by atoms with Gasteiger partial charge in [0.2, 0.25) is 11.8 Å². The molecule has 1 N–H and O–H groups in total. The predicted molar refractivity (Wildman–Crippen MR) is 111 cm³/mol. The Morgan fingerprint density at radius 1 is 1.17 bits per heavy atom. The van der Waals surface area contributed by atoms with Crippen LogP contribution in [0.4, 0.5) is 5.69 Å². The summed E-state index contributed by atoms with van der Waals surface area (Å²) in [6.45, 7) is 1.44. The molecule has 1 aromatic heterocycles. The minimum atomic E-state index is -0.373. The second-order valence-corrected chi connectivity index (χ2v) is 7.27. The summed E-state index contributed by atoms with van der Waals surface area (Å²) >= 11 is 0. The molecule has 154 valence electrons. The van der Waals surface area contributed by atoms with E-state index in [1.165, 1.54) is 6.33 Å². The van der Waals surface area contributed by atoms with Gasteiger partial charge in [-0.05, 0) is 23.8 Å². The van der Waals surface area contributed by atoms with Gasteiger partial charge in [-0.25, -0.2) is 9.67 Å². The maximum atomic E-state index is 12.7. The fourth-order valence-electron chi connectivity index (χ4n) is 3.58. The van der Waals surface area contributed by atoms with Gasteiger partial charge in [-0.2, -0.15) is 5.10 Å². The van der Waals surface area contributed by atoms with Crippen LogP contribution in [0, 0.1) is 5.92 Å². The highest BCUT2D eigenvalue weighted by molar-refractivity contribution is 5.97. The second-order valence-electron chi connectivity index (χ2n) is 7.27. The number of aromatic nitrogens is 3. The second kappa shape index (κ2) is 8.77. The Balaban J connectivity index is 1.34. The van der Waals surface area contributed by atoms with E-state index in [1.54, 1.807) is 23.0 Å². The van der Waals surface area contributed by atoms with Crippen molar-refractivity contribution < 1.29 is 14.3 Å². The maximum absolute atomic E-state index is 12.7. The van der Waals surface area contributed by atoms with Crippen LogP contribution < -0.4 is 10.1 Å². The predicted octanol–water partition coefficient (Wildman–Crippen LogP) is 2.32. The number of likely N-dealkylation sites (tertiary alicyclic amines) is 1. The van der Waals surface area contributed by atoms with E-state index < -0.39 is 0 Å². The number of rotatable bonds is 7. The molecular formula is C22H23N5O3. The number of ether oxygens (including phenoxy) is 1. The summed E-state index contributed by atoms with van der Waals surface area (Å²) in [5.41, 5.74) is 2.69. The highest BCUT2D eigenvalue weighted by atomic mass is 16.5. The minimum absolute atomic E-state index is 0.0239. The first-order chi connectivity index (χ1) is 14.6. The van der Waals surface area contributed by atoms with Gasteiger partial charge < -0.3 is 15.0 Å². The van der Waals surface area contributed by atoms with Crippen molar-refractivity contribution in [3.8, 4) is 5.75 Å². The summed E-state index contributed by atoms with van der Waals surface area (Å²) in [6, 6.07) is 15.2. The molecule has 0 saturated carbocycles. The number of carbonyl (C=O) groups excluding carboxylic acids is 2. The van der Waals surface area contributed by atoms with Crippen molar-refractivity contribution in [2.45, 2.75) is 19.5 Å². The smallest absolute Gasteiger partial charge is 0.229 e. The van der Waals surface area contributed by atoms with Crippen LogP contribution >= 0.6 is 0 Å². The van der Waals surface area contributed by atoms with Crippen LogP contribution in [-0.4, -0.2) is 45.1 Å². The normalized spacial score (nSPS) is 16.0. The van der Waals surface area contributed by atoms with Crippen molar-refractivity contribution in [1.82, 2.24) is 19.7 Å². The van der Waals surface area contributed by atoms with E-state index in [-0.39, 0.29) is 24.2 Å². The summed E-state index contributed by atoms with van der Waals surface area (Å²) in [5.74, 6) is 0.199. The summed E-state index contributed by atoms with van der Waals surface area (Å²) < 4.78 is 7.09. The van der Waals surface area contributed by atoms with E-state index in [2.05, 4.69) is 15.4 Å². The zero-order chi connectivity index (χ0) is 20.9. The summed E-state index contributed by atoms with van der Waals surface area (Å²) in [6.07, 6.45) is 3.36. The molecule has 2 amide bonds. The molecule has 8 nitrogen and oxygen atoms in total. The van der Waals surface area contributed by atoms with Crippen molar-refractivity contribution in [3.63, 3.8) is 0 Å². The number of hydrogen-bond acceptors (Lipinski definition) is 5. The number of anilines is 1. The van der Waals surface area contributed by atoms with Crippen LogP contribution in [0.15, 0.2) is 61.2 Å². The summed E-state index contributed by atoms with van der Waals surface area (Å²) in [5, 5.41) is 7.00. The van der Waals surface area contributed by atoms with Crippen molar-refractivity contribution >= 4 is 17.5 Å². The lowest BCUT2D eigenvalue weighted by atomic mass is 10.1. The third-order valence-electron chi connectivity index (χ3n) is 5.17. The zero-order valence-corrected chi connectivity index (χ0v) is 16.7. The Morgan fingerprint density at radius 3 is 2.70 bits per heavy atom. The molecule has 3 aromatic rings. The Morgan fingerprint density at radius 2 is 1.97 bits per heavy atom. The first kappa shape index (κ1) is 19.6. The SMILES string of the molecule is COc1ccccc1CN1C[C@@H](C(=O)Nc2ccc(Cn3cncn3)cc2)CC1=O. The van der Waals surface area contributed by atoms with Crippen LogP contribution in [-0.2, 0) is 22.7 Å². The maximum Gasteiger partial charge on any atom is 0.229 e. The lowest BCUT2D eigenvalue weighted by Crippen LogP contribution is -2.28. The number of nitrogens with one attached hydrogen (secondary N) is 1. The number of methoxy groups -OCH3 is 1. The summed E-state index contributed by atoms with van der Waals surface area (Å²) in [4.78, 5) is 30.8. The topological polar surface area (TPSA) is 89.3 Å². The number of hydrogen-bond donors (Lipinski definition) is 1. The quantitative estimate of drug-likeness (QED) is 0.652. The fraction of sp³-hybridized carbons (Fsp3) is 0.273. The van der Waals surface area contributed by atoms with Gasteiger partial charge in [-0.15, -0.1) is 0 Å². The lowest BCUT2D eigenvalue weighted by Gasteiger charge is -2.18. The molecule has 30 heavy (non-hydrogen) atoms. The van der Waals surface area contributed by atoms with E-state index in [0.29, 0.717) is 25.3 Å². The molecule has 4 rings (SSSR count). The number of benzene rings is 2. The van der Waals surface area contributed by atoms with E-state index in [9.17, 15) is 9.59 Å². The molecular weight excluding hydrogens is 382 g/mol. The molecule has 1 atom stereocenters. The number of nitrogens with zero attached hydrogens (tertiary/aromatic N) is 4. The number of amides is 2. The van der Waals surface area contributed by atoms with Crippen LogP contribution in [0.1, 0.15) is 17.5 Å². The van der Waals surface area contributed by atoms with Crippen LogP contribution in [0.25, 0.3) is 0 Å². The van der Waals surface area contributed by atoms with E-state index in [1.807, 2.05) is 48.5 Å².